The maximum absolute atomic E-state index is 12.7. The second-order valence-corrected chi connectivity index (χ2v) is 8.19. The van der Waals surface area contributed by atoms with Crippen LogP contribution in [-0.2, 0) is 19.1 Å². The van der Waals surface area contributed by atoms with Crippen molar-refractivity contribution in [2.45, 2.75) is 76.8 Å². The molecule has 0 spiro atoms. The van der Waals surface area contributed by atoms with E-state index in [9.17, 15) is 9.59 Å². The smallest absolute Gasteiger partial charge is 0.167 e. The van der Waals surface area contributed by atoms with Crippen molar-refractivity contribution >= 4 is 11.6 Å². The zero-order chi connectivity index (χ0) is 18.9. The summed E-state index contributed by atoms with van der Waals surface area (Å²) in [4.78, 5) is 25.2. The molecule has 0 N–H and O–H groups in total. The molecule has 0 aromatic carbocycles. The SMILES string of the molecule is C=CC[C@]12C[C@H]3C(=CC(=O)[C@@H]3C(=O)/C=C/CCCCC)[C@H]1OC(C)(C)O2. The molecular formula is C22H30O4. The molecule has 142 valence electrons. The Morgan fingerprint density at radius 3 is 2.85 bits per heavy atom. The average molecular weight is 358 g/mol. The molecule has 3 rings (SSSR count). The summed E-state index contributed by atoms with van der Waals surface area (Å²) in [6.07, 6.45) is 12.3. The maximum atomic E-state index is 12.7. The van der Waals surface area contributed by atoms with Crippen LogP contribution in [0.2, 0.25) is 0 Å². The third-order valence-corrected chi connectivity index (χ3v) is 5.70. The van der Waals surface area contributed by atoms with Gasteiger partial charge in [-0.25, -0.2) is 0 Å². The van der Waals surface area contributed by atoms with Crippen LogP contribution in [0.25, 0.3) is 0 Å². The molecule has 1 saturated carbocycles. The Balaban J connectivity index is 1.76. The number of carbonyl (C=O) groups is 2. The van der Waals surface area contributed by atoms with E-state index in [-0.39, 0.29) is 23.6 Å². The highest BCUT2D eigenvalue weighted by Crippen LogP contribution is 2.57. The van der Waals surface area contributed by atoms with Crippen molar-refractivity contribution < 1.29 is 19.1 Å². The number of allylic oxidation sites excluding steroid dienone is 3. The Bertz CT molecular complexity index is 657. The number of hydrogen-bond donors (Lipinski definition) is 0. The van der Waals surface area contributed by atoms with E-state index in [2.05, 4.69) is 13.5 Å². The molecule has 3 aliphatic rings. The fourth-order valence-corrected chi connectivity index (χ4v) is 4.74. The quantitative estimate of drug-likeness (QED) is 0.281. The van der Waals surface area contributed by atoms with Gasteiger partial charge in [-0.2, -0.15) is 0 Å². The summed E-state index contributed by atoms with van der Waals surface area (Å²) in [6.45, 7) is 9.79. The molecule has 2 aliphatic carbocycles. The minimum atomic E-state index is -0.691. The molecule has 4 atom stereocenters. The Labute approximate surface area is 156 Å². The highest BCUT2D eigenvalue weighted by molar-refractivity contribution is 6.14. The first kappa shape index (κ1) is 19.2. The summed E-state index contributed by atoms with van der Waals surface area (Å²) >= 11 is 0. The number of hydrogen-bond acceptors (Lipinski definition) is 4. The van der Waals surface area contributed by atoms with Gasteiger partial charge in [0.2, 0.25) is 0 Å². The lowest BCUT2D eigenvalue weighted by Crippen LogP contribution is -2.37. The van der Waals surface area contributed by atoms with E-state index in [1.165, 1.54) is 0 Å². The van der Waals surface area contributed by atoms with Gasteiger partial charge in [0.25, 0.3) is 0 Å². The minimum absolute atomic E-state index is 0.0873. The van der Waals surface area contributed by atoms with Crippen molar-refractivity contribution in [3.8, 4) is 0 Å². The van der Waals surface area contributed by atoms with Crippen LogP contribution in [0.4, 0.5) is 0 Å². The molecular weight excluding hydrogens is 328 g/mol. The molecule has 0 unspecified atom stereocenters. The fraction of sp³-hybridized carbons (Fsp3) is 0.636. The Hall–Kier alpha value is -1.52. The van der Waals surface area contributed by atoms with Crippen LogP contribution in [0.15, 0.2) is 36.5 Å². The van der Waals surface area contributed by atoms with E-state index in [1.807, 2.05) is 26.0 Å². The summed E-state index contributed by atoms with van der Waals surface area (Å²) < 4.78 is 12.4. The van der Waals surface area contributed by atoms with Crippen molar-refractivity contribution in [2.75, 3.05) is 0 Å². The zero-order valence-corrected chi connectivity index (χ0v) is 16.1. The lowest BCUT2D eigenvalue weighted by atomic mass is 9.85. The van der Waals surface area contributed by atoms with Gasteiger partial charge in [0, 0.05) is 5.92 Å². The van der Waals surface area contributed by atoms with Crippen LogP contribution in [-0.4, -0.2) is 29.1 Å². The van der Waals surface area contributed by atoms with Crippen LogP contribution < -0.4 is 0 Å². The summed E-state index contributed by atoms with van der Waals surface area (Å²) in [6, 6.07) is 0. The normalized spacial score (nSPS) is 34.8. The predicted octanol–water partition coefficient (Wildman–Crippen LogP) is 4.30. The topological polar surface area (TPSA) is 52.6 Å². The van der Waals surface area contributed by atoms with Crippen LogP contribution in [0.3, 0.4) is 0 Å². The summed E-state index contributed by atoms with van der Waals surface area (Å²) in [5.74, 6) is -1.60. The standard InChI is InChI=1S/C22H30O4/c1-5-7-8-9-10-11-17(23)19-16-14-22(12-6-2)20(15(16)13-18(19)24)25-21(3,4)26-22/h6,10-11,13,16,19-20H,2,5,7-9,12,14H2,1,3-4H3/b11-10+/t16-,19-,20+,22-/m0/s1. The van der Waals surface area contributed by atoms with E-state index >= 15 is 0 Å². The van der Waals surface area contributed by atoms with Gasteiger partial charge in [-0.3, -0.25) is 9.59 Å². The number of carbonyl (C=O) groups excluding carboxylic acids is 2. The zero-order valence-electron chi connectivity index (χ0n) is 16.1. The second-order valence-electron chi connectivity index (χ2n) is 8.19. The van der Waals surface area contributed by atoms with Gasteiger partial charge in [0.1, 0.15) is 11.7 Å². The molecule has 4 nitrogen and oxygen atoms in total. The highest BCUT2D eigenvalue weighted by atomic mass is 16.8. The van der Waals surface area contributed by atoms with E-state index < -0.39 is 17.3 Å². The molecule has 4 heteroatoms. The first-order chi connectivity index (χ1) is 12.3. The molecule has 0 bridgehead atoms. The molecule has 1 heterocycles. The van der Waals surface area contributed by atoms with Gasteiger partial charge in [-0.15, -0.1) is 6.58 Å². The number of rotatable bonds is 8. The minimum Gasteiger partial charge on any atom is -0.341 e. The molecule has 0 amide bonds. The van der Waals surface area contributed by atoms with E-state index in [1.54, 1.807) is 12.2 Å². The van der Waals surface area contributed by atoms with Gasteiger partial charge < -0.3 is 9.47 Å². The average Bonchev–Trinajstić information content (AvgIpc) is 3.09. The number of fused-ring (bicyclic) bond motifs is 3. The lowest BCUT2D eigenvalue weighted by molar-refractivity contribution is -0.168. The molecule has 0 aromatic rings. The largest absolute Gasteiger partial charge is 0.341 e. The van der Waals surface area contributed by atoms with Gasteiger partial charge >= 0.3 is 0 Å². The fourth-order valence-electron chi connectivity index (χ4n) is 4.74. The molecule has 0 radical (unpaired) electrons. The van der Waals surface area contributed by atoms with E-state index in [0.717, 1.165) is 31.3 Å². The summed E-state index contributed by atoms with van der Waals surface area (Å²) in [5.41, 5.74) is 0.423. The van der Waals surface area contributed by atoms with Gasteiger partial charge in [0.05, 0.1) is 5.92 Å². The van der Waals surface area contributed by atoms with E-state index in [0.29, 0.717) is 12.8 Å². The third kappa shape index (κ3) is 3.37. The van der Waals surface area contributed by atoms with E-state index in [4.69, 9.17) is 9.47 Å². The highest BCUT2D eigenvalue weighted by Gasteiger charge is 2.64. The van der Waals surface area contributed by atoms with Crippen LogP contribution in [0.1, 0.15) is 59.3 Å². The first-order valence-corrected chi connectivity index (χ1v) is 9.78. The Kier molecular flexibility index (Phi) is 5.36. The van der Waals surface area contributed by atoms with Crippen molar-refractivity contribution in [1.29, 1.82) is 0 Å². The van der Waals surface area contributed by atoms with Crippen molar-refractivity contribution in [3.05, 3.63) is 36.5 Å². The van der Waals surface area contributed by atoms with Crippen LogP contribution in [0, 0.1) is 11.8 Å². The van der Waals surface area contributed by atoms with Crippen LogP contribution in [0.5, 0.6) is 0 Å². The van der Waals surface area contributed by atoms with Crippen molar-refractivity contribution in [1.82, 2.24) is 0 Å². The first-order valence-electron chi connectivity index (χ1n) is 9.78. The summed E-state index contributed by atoms with van der Waals surface area (Å²) in [5, 5.41) is 0. The molecule has 26 heavy (non-hydrogen) atoms. The van der Waals surface area contributed by atoms with Crippen molar-refractivity contribution in [2.24, 2.45) is 11.8 Å². The van der Waals surface area contributed by atoms with Gasteiger partial charge in [0.15, 0.2) is 17.4 Å². The lowest BCUT2D eigenvalue weighted by Gasteiger charge is -2.28. The molecule has 1 saturated heterocycles. The Morgan fingerprint density at radius 2 is 2.15 bits per heavy atom. The monoisotopic (exact) mass is 358 g/mol. The molecule has 2 fully saturated rings. The number of unbranched alkanes of at least 4 members (excludes halogenated alkanes) is 3. The predicted molar refractivity (Wildman–Crippen MR) is 101 cm³/mol. The van der Waals surface area contributed by atoms with Gasteiger partial charge in [-0.05, 0) is 57.3 Å². The van der Waals surface area contributed by atoms with Crippen molar-refractivity contribution in [3.63, 3.8) is 0 Å². The number of ketones is 2. The molecule has 1 aliphatic heterocycles. The van der Waals surface area contributed by atoms with Crippen LogP contribution >= 0.6 is 0 Å². The maximum Gasteiger partial charge on any atom is 0.167 e. The third-order valence-electron chi connectivity index (χ3n) is 5.70. The second kappa shape index (κ2) is 7.24. The molecule has 0 aromatic heterocycles. The summed E-state index contributed by atoms with van der Waals surface area (Å²) in [7, 11) is 0. The van der Waals surface area contributed by atoms with Gasteiger partial charge in [-0.1, -0.05) is 31.9 Å². The number of ether oxygens (including phenoxy) is 2. The Morgan fingerprint density at radius 1 is 1.38 bits per heavy atom.